The Bertz CT molecular complexity index is 499. The number of carbonyl (C=O) groups is 1. The summed E-state index contributed by atoms with van der Waals surface area (Å²) in [5.41, 5.74) is 1.80. The first-order valence-corrected chi connectivity index (χ1v) is 5.78. The molecule has 92 valence electrons. The summed E-state index contributed by atoms with van der Waals surface area (Å²) in [6.07, 6.45) is 3.27. The van der Waals surface area contributed by atoms with Crippen LogP contribution < -0.4 is 10.6 Å². The quantitative estimate of drug-likeness (QED) is 0.868. The molecule has 1 aromatic heterocycles. The number of carbonyl (C=O) groups excluding carboxylic acids is 1. The molecule has 4 nitrogen and oxygen atoms in total. The van der Waals surface area contributed by atoms with Crippen LogP contribution in [0.25, 0.3) is 0 Å². The number of amides is 2. The van der Waals surface area contributed by atoms with Crippen LogP contribution in [0.1, 0.15) is 18.5 Å². The van der Waals surface area contributed by atoms with E-state index in [-0.39, 0.29) is 12.1 Å². The second kappa shape index (κ2) is 5.82. The lowest BCUT2D eigenvalue weighted by atomic mass is 10.1. The lowest BCUT2D eigenvalue weighted by molar-refractivity contribution is 0.249. The summed E-state index contributed by atoms with van der Waals surface area (Å²) in [7, 11) is 0. The summed E-state index contributed by atoms with van der Waals surface area (Å²) in [5, 5.41) is 5.63. The van der Waals surface area contributed by atoms with Gasteiger partial charge in [0.15, 0.2) is 0 Å². The molecule has 0 aliphatic carbocycles. The Morgan fingerprint density at radius 3 is 2.44 bits per heavy atom. The van der Waals surface area contributed by atoms with Crippen LogP contribution in [-0.2, 0) is 0 Å². The van der Waals surface area contributed by atoms with Crippen molar-refractivity contribution < 1.29 is 4.79 Å². The first-order valence-electron chi connectivity index (χ1n) is 5.78. The second-order valence-corrected chi connectivity index (χ2v) is 3.97. The Labute approximate surface area is 106 Å². The van der Waals surface area contributed by atoms with Crippen molar-refractivity contribution >= 4 is 11.7 Å². The zero-order chi connectivity index (χ0) is 12.8. The van der Waals surface area contributed by atoms with Crippen molar-refractivity contribution in [2.75, 3.05) is 5.32 Å². The number of aromatic nitrogens is 1. The lowest BCUT2D eigenvalue weighted by Gasteiger charge is -2.14. The Kier molecular flexibility index (Phi) is 3.91. The van der Waals surface area contributed by atoms with Crippen LogP contribution in [0, 0.1) is 0 Å². The standard InChI is InChI=1S/C14H15N3O/c1-11(12-5-3-2-4-6-12)16-14(18)17-13-7-9-15-10-8-13/h2-11H,1H3,(H2,15,16,17,18). The topological polar surface area (TPSA) is 54.0 Å². The summed E-state index contributed by atoms with van der Waals surface area (Å²) >= 11 is 0. The van der Waals surface area contributed by atoms with Crippen molar-refractivity contribution in [3.8, 4) is 0 Å². The third-order valence-electron chi connectivity index (χ3n) is 2.59. The molecule has 1 atom stereocenters. The molecule has 0 saturated carbocycles. The molecular formula is C14H15N3O. The summed E-state index contributed by atoms with van der Waals surface area (Å²) in [6, 6.07) is 13.1. The third kappa shape index (κ3) is 3.31. The van der Waals surface area contributed by atoms with E-state index in [1.807, 2.05) is 37.3 Å². The molecule has 2 amide bonds. The van der Waals surface area contributed by atoms with E-state index in [0.29, 0.717) is 0 Å². The molecule has 2 rings (SSSR count). The molecule has 1 aromatic carbocycles. The van der Waals surface area contributed by atoms with Gasteiger partial charge < -0.3 is 10.6 Å². The maximum Gasteiger partial charge on any atom is 0.319 e. The summed E-state index contributed by atoms with van der Waals surface area (Å²) in [4.78, 5) is 15.6. The Morgan fingerprint density at radius 1 is 1.11 bits per heavy atom. The van der Waals surface area contributed by atoms with Crippen LogP contribution in [0.2, 0.25) is 0 Å². The Morgan fingerprint density at radius 2 is 1.78 bits per heavy atom. The normalized spacial score (nSPS) is 11.6. The van der Waals surface area contributed by atoms with E-state index in [4.69, 9.17) is 0 Å². The number of anilines is 1. The van der Waals surface area contributed by atoms with Gasteiger partial charge in [-0.15, -0.1) is 0 Å². The molecular weight excluding hydrogens is 226 g/mol. The van der Waals surface area contributed by atoms with Crippen LogP contribution in [0.15, 0.2) is 54.9 Å². The summed E-state index contributed by atoms with van der Waals surface area (Å²) in [6.45, 7) is 1.95. The highest BCUT2D eigenvalue weighted by Gasteiger charge is 2.08. The van der Waals surface area contributed by atoms with Gasteiger partial charge in [-0.25, -0.2) is 4.79 Å². The number of hydrogen-bond acceptors (Lipinski definition) is 2. The fraction of sp³-hybridized carbons (Fsp3) is 0.143. The van der Waals surface area contributed by atoms with Gasteiger partial charge in [-0.2, -0.15) is 0 Å². The molecule has 4 heteroatoms. The Balaban J connectivity index is 1.92. The predicted molar refractivity (Wildman–Crippen MR) is 71.2 cm³/mol. The van der Waals surface area contributed by atoms with Crippen molar-refractivity contribution in [1.82, 2.24) is 10.3 Å². The molecule has 1 heterocycles. The van der Waals surface area contributed by atoms with Gasteiger partial charge in [0.2, 0.25) is 0 Å². The van der Waals surface area contributed by atoms with E-state index in [0.717, 1.165) is 11.3 Å². The third-order valence-corrected chi connectivity index (χ3v) is 2.59. The molecule has 0 aliphatic heterocycles. The van der Waals surface area contributed by atoms with Crippen LogP contribution >= 0.6 is 0 Å². The van der Waals surface area contributed by atoms with Gasteiger partial charge in [-0.1, -0.05) is 30.3 Å². The Hall–Kier alpha value is -2.36. The predicted octanol–water partition coefficient (Wildman–Crippen LogP) is 2.96. The van der Waals surface area contributed by atoms with Crippen molar-refractivity contribution in [2.24, 2.45) is 0 Å². The molecule has 2 aromatic rings. The fourth-order valence-electron chi connectivity index (χ4n) is 1.62. The highest BCUT2D eigenvalue weighted by Crippen LogP contribution is 2.11. The van der Waals surface area contributed by atoms with Crippen LogP contribution in [0.4, 0.5) is 10.5 Å². The molecule has 0 bridgehead atoms. The van der Waals surface area contributed by atoms with E-state index in [1.165, 1.54) is 0 Å². The molecule has 0 spiro atoms. The number of nitrogens with one attached hydrogen (secondary N) is 2. The van der Waals surface area contributed by atoms with Gasteiger partial charge in [0, 0.05) is 18.1 Å². The number of nitrogens with zero attached hydrogens (tertiary/aromatic N) is 1. The fourth-order valence-corrected chi connectivity index (χ4v) is 1.62. The molecule has 0 aliphatic rings. The van der Waals surface area contributed by atoms with E-state index in [9.17, 15) is 4.79 Å². The van der Waals surface area contributed by atoms with E-state index >= 15 is 0 Å². The highest BCUT2D eigenvalue weighted by molar-refractivity contribution is 5.89. The SMILES string of the molecule is CC(NC(=O)Nc1ccncc1)c1ccccc1. The van der Waals surface area contributed by atoms with Gasteiger partial charge >= 0.3 is 6.03 Å². The minimum atomic E-state index is -0.224. The smallest absolute Gasteiger partial charge is 0.319 e. The maximum absolute atomic E-state index is 11.8. The van der Waals surface area contributed by atoms with Crippen LogP contribution in [-0.4, -0.2) is 11.0 Å². The van der Waals surface area contributed by atoms with Gasteiger partial charge in [0.25, 0.3) is 0 Å². The maximum atomic E-state index is 11.8. The van der Waals surface area contributed by atoms with Crippen molar-refractivity contribution in [2.45, 2.75) is 13.0 Å². The van der Waals surface area contributed by atoms with Gasteiger partial charge in [-0.05, 0) is 24.6 Å². The van der Waals surface area contributed by atoms with Crippen LogP contribution in [0.5, 0.6) is 0 Å². The van der Waals surface area contributed by atoms with E-state index in [1.54, 1.807) is 24.5 Å². The molecule has 1 unspecified atom stereocenters. The molecule has 0 radical (unpaired) electrons. The molecule has 0 fully saturated rings. The lowest BCUT2D eigenvalue weighted by Crippen LogP contribution is -2.31. The zero-order valence-electron chi connectivity index (χ0n) is 10.1. The van der Waals surface area contributed by atoms with E-state index in [2.05, 4.69) is 15.6 Å². The van der Waals surface area contributed by atoms with Gasteiger partial charge in [0.05, 0.1) is 6.04 Å². The minimum Gasteiger partial charge on any atom is -0.331 e. The largest absolute Gasteiger partial charge is 0.331 e. The first kappa shape index (κ1) is 12.1. The van der Waals surface area contributed by atoms with Crippen molar-refractivity contribution in [3.05, 3.63) is 60.4 Å². The van der Waals surface area contributed by atoms with E-state index < -0.39 is 0 Å². The molecule has 2 N–H and O–H groups in total. The minimum absolute atomic E-state index is 0.0342. The van der Waals surface area contributed by atoms with Gasteiger partial charge in [0.1, 0.15) is 0 Å². The molecule has 0 saturated heterocycles. The number of hydrogen-bond donors (Lipinski definition) is 2. The zero-order valence-corrected chi connectivity index (χ0v) is 10.1. The number of benzene rings is 1. The average molecular weight is 241 g/mol. The van der Waals surface area contributed by atoms with Crippen LogP contribution in [0.3, 0.4) is 0 Å². The monoisotopic (exact) mass is 241 g/mol. The van der Waals surface area contributed by atoms with Crippen molar-refractivity contribution in [1.29, 1.82) is 0 Å². The van der Waals surface area contributed by atoms with Crippen molar-refractivity contribution in [3.63, 3.8) is 0 Å². The summed E-state index contributed by atoms with van der Waals surface area (Å²) in [5.74, 6) is 0. The number of pyridine rings is 1. The van der Waals surface area contributed by atoms with Gasteiger partial charge in [-0.3, -0.25) is 4.98 Å². The molecule has 18 heavy (non-hydrogen) atoms. The number of urea groups is 1. The second-order valence-electron chi connectivity index (χ2n) is 3.97. The first-order chi connectivity index (χ1) is 8.75. The number of rotatable bonds is 3. The highest BCUT2D eigenvalue weighted by atomic mass is 16.2. The average Bonchev–Trinajstić information content (AvgIpc) is 2.40. The summed E-state index contributed by atoms with van der Waals surface area (Å²) < 4.78 is 0.